The SMILES string of the molecule is CC(=O)SCC#Cc1ccc([N+](=O)[O-])nc1. The Balaban J connectivity index is 2.61. The second-order valence-corrected chi connectivity index (χ2v) is 3.90. The molecule has 0 bridgehead atoms. The zero-order chi connectivity index (χ0) is 12.0. The van der Waals surface area contributed by atoms with E-state index in [1.807, 2.05) is 0 Å². The minimum absolute atomic E-state index is 0.0103. The zero-order valence-electron chi connectivity index (χ0n) is 8.47. The maximum absolute atomic E-state index is 10.6. The van der Waals surface area contributed by atoms with Gasteiger partial charge in [-0.1, -0.05) is 23.6 Å². The van der Waals surface area contributed by atoms with Gasteiger partial charge in [-0.15, -0.1) is 0 Å². The summed E-state index contributed by atoms with van der Waals surface area (Å²) in [5.74, 6) is 5.73. The fourth-order valence-corrected chi connectivity index (χ4v) is 1.19. The minimum atomic E-state index is -0.567. The molecule has 0 saturated heterocycles. The van der Waals surface area contributed by atoms with Crippen molar-refractivity contribution >= 4 is 22.7 Å². The van der Waals surface area contributed by atoms with E-state index >= 15 is 0 Å². The van der Waals surface area contributed by atoms with E-state index in [9.17, 15) is 14.9 Å². The smallest absolute Gasteiger partial charge is 0.358 e. The van der Waals surface area contributed by atoms with E-state index < -0.39 is 4.92 Å². The first-order valence-electron chi connectivity index (χ1n) is 4.32. The van der Waals surface area contributed by atoms with Crippen molar-refractivity contribution in [3.05, 3.63) is 34.0 Å². The molecule has 1 rings (SSSR count). The molecule has 1 aromatic heterocycles. The Morgan fingerprint density at radius 3 is 2.88 bits per heavy atom. The lowest BCUT2D eigenvalue weighted by atomic mass is 10.3. The van der Waals surface area contributed by atoms with Crippen LogP contribution in [0, 0.1) is 22.0 Å². The first-order valence-corrected chi connectivity index (χ1v) is 5.31. The molecule has 0 spiro atoms. The van der Waals surface area contributed by atoms with Gasteiger partial charge in [0.05, 0.1) is 11.3 Å². The number of pyridine rings is 1. The second kappa shape index (κ2) is 5.88. The average Bonchev–Trinajstić information content (AvgIpc) is 2.25. The van der Waals surface area contributed by atoms with Crippen LogP contribution in [0.1, 0.15) is 12.5 Å². The minimum Gasteiger partial charge on any atom is -0.358 e. The lowest BCUT2D eigenvalue weighted by Gasteiger charge is -1.90. The average molecular weight is 236 g/mol. The maximum atomic E-state index is 10.6. The highest BCUT2D eigenvalue weighted by molar-refractivity contribution is 8.13. The summed E-state index contributed by atoms with van der Waals surface area (Å²) in [7, 11) is 0. The van der Waals surface area contributed by atoms with Gasteiger partial charge in [-0.2, -0.15) is 0 Å². The Hall–Kier alpha value is -1.87. The maximum Gasteiger partial charge on any atom is 0.363 e. The zero-order valence-corrected chi connectivity index (χ0v) is 9.28. The summed E-state index contributed by atoms with van der Waals surface area (Å²) in [6.45, 7) is 1.47. The third-order valence-electron chi connectivity index (χ3n) is 1.52. The van der Waals surface area contributed by atoms with Gasteiger partial charge in [0.1, 0.15) is 0 Å². The molecule has 0 N–H and O–H groups in total. The molecule has 6 heteroatoms. The van der Waals surface area contributed by atoms with Gasteiger partial charge in [-0.05, 0) is 16.0 Å². The van der Waals surface area contributed by atoms with Gasteiger partial charge in [-0.25, -0.2) is 0 Å². The molecule has 0 amide bonds. The normalized spacial score (nSPS) is 9.06. The Labute approximate surface area is 96.4 Å². The van der Waals surface area contributed by atoms with Crippen LogP contribution in [-0.2, 0) is 4.79 Å². The highest BCUT2D eigenvalue weighted by Crippen LogP contribution is 2.06. The molecule has 82 valence electrons. The molecule has 1 heterocycles. The predicted octanol–water partition coefficient (Wildman–Crippen LogP) is 1.62. The molecule has 0 unspecified atom stereocenters. The van der Waals surface area contributed by atoms with E-state index in [2.05, 4.69) is 16.8 Å². The van der Waals surface area contributed by atoms with Crippen LogP contribution in [0.25, 0.3) is 0 Å². The summed E-state index contributed by atoms with van der Waals surface area (Å²) in [5.41, 5.74) is 0.592. The van der Waals surface area contributed by atoms with Crippen molar-refractivity contribution in [2.24, 2.45) is 0 Å². The molecule has 0 saturated carbocycles. The van der Waals surface area contributed by atoms with Gasteiger partial charge in [0.2, 0.25) is 0 Å². The van der Waals surface area contributed by atoms with Crippen molar-refractivity contribution < 1.29 is 9.72 Å². The number of aromatic nitrogens is 1. The largest absolute Gasteiger partial charge is 0.363 e. The number of nitrogens with zero attached hydrogens (tertiary/aromatic N) is 2. The number of hydrogen-bond acceptors (Lipinski definition) is 5. The first kappa shape index (κ1) is 12.2. The highest BCUT2D eigenvalue weighted by Gasteiger charge is 2.04. The van der Waals surface area contributed by atoms with Gasteiger partial charge in [-0.3, -0.25) is 4.79 Å². The molecule has 0 aliphatic rings. The number of rotatable bonds is 2. The third-order valence-corrected chi connectivity index (χ3v) is 2.21. The van der Waals surface area contributed by atoms with E-state index in [0.717, 1.165) is 11.8 Å². The van der Waals surface area contributed by atoms with E-state index in [0.29, 0.717) is 11.3 Å². The number of nitro groups is 1. The van der Waals surface area contributed by atoms with Gasteiger partial charge in [0.25, 0.3) is 0 Å². The van der Waals surface area contributed by atoms with Crippen LogP contribution in [0.4, 0.5) is 5.82 Å². The van der Waals surface area contributed by atoms with Crippen molar-refractivity contribution in [1.29, 1.82) is 0 Å². The standard InChI is InChI=1S/C10H8N2O3S/c1-8(13)16-6-2-3-9-4-5-10(11-7-9)12(14)15/h4-5,7H,6H2,1H3. The fraction of sp³-hybridized carbons (Fsp3) is 0.200. The van der Waals surface area contributed by atoms with Gasteiger partial charge < -0.3 is 10.1 Å². The number of carbonyl (C=O) groups excluding carboxylic acids is 1. The van der Waals surface area contributed by atoms with Crippen LogP contribution in [0.2, 0.25) is 0 Å². The molecule has 5 nitrogen and oxygen atoms in total. The first-order chi connectivity index (χ1) is 7.59. The van der Waals surface area contributed by atoms with E-state index in [-0.39, 0.29) is 10.9 Å². The topological polar surface area (TPSA) is 73.1 Å². The monoisotopic (exact) mass is 236 g/mol. The van der Waals surface area contributed by atoms with Gasteiger partial charge >= 0.3 is 5.82 Å². The summed E-state index contributed by atoms with van der Waals surface area (Å²) < 4.78 is 0. The molecule has 16 heavy (non-hydrogen) atoms. The number of carbonyl (C=O) groups is 1. The Morgan fingerprint density at radius 1 is 1.62 bits per heavy atom. The van der Waals surface area contributed by atoms with Crippen molar-refractivity contribution in [2.45, 2.75) is 6.92 Å². The highest BCUT2D eigenvalue weighted by atomic mass is 32.2. The molecule has 1 aromatic rings. The molecule has 0 aliphatic heterocycles. The van der Waals surface area contributed by atoms with Crippen LogP contribution in [0.15, 0.2) is 18.3 Å². The Bertz CT molecular complexity index is 459. The van der Waals surface area contributed by atoms with Crippen molar-refractivity contribution in [1.82, 2.24) is 4.98 Å². The summed E-state index contributed by atoms with van der Waals surface area (Å²) >= 11 is 1.12. The third kappa shape index (κ3) is 4.11. The van der Waals surface area contributed by atoms with Gasteiger partial charge in [0.15, 0.2) is 11.3 Å². The molecule has 0 aliphatic carbocycles. The fourth-order valence-electron chi connectivity index (χ4n) is 0.844. The van der Waals surface area contributed by atoms with E-state index in [1.165, 1.54) is 25.3 Å². The van der Waals surface area contributed by atoms with Gasteiger partial charge in [0, 0.05) is 13.0 Å². The Kier molecular flexibility index (Phi) is 4.48. The van der Waals surface area contributed by atoms with Crippen LogP contribution < -0.4 is 0 Å². The van der Waals surface area contributed by atoms with Crippen molar-refractivity contribution in [3.8, 4) is 11.8 Å². The Morgan fingerprint density at radius 2 is 2.38 bits per heavy atom. The lowest BCUT2D eigenvalue weighted by Crippen LogP contribution is -1.91. The van der Waals surface area contributed by atoms with Crippen LogP contribution in [-0.4, -0.2) is 20.8 Å². The van der Waals surface area contributed by atoms with Crippen LogP contribution in [0.5, 0.6) is 0 Å². The second-order valence-electron chi connectivity index (χ2n) is 2.74. The molecule has 0 fully saturated rings. The van der Waals surface area contributed by atoms with Crippen LogP contribution >= 0.6 is 11.8 Å². The predicted molar refractivity (Wildman–Crippen MR) is 60.9 cm³/mol. The molecular weight excluding hydrogens is 228 g/mol. The van der Waals surface area contributed by atoms with Crippen LogP contribution in [0.3, 0.4) is 0 Å². The lowest BCUT2D eigenvalue weighted by molar-refractivity contribution is -0.389. The molecular formula is C10H8N2O3S. The summed E-state index contributed by atoms with van der Waals surface area (Å²) in [5, 5.41) is 10.3. The number of hydrogen-bond donors (Lipinski definition) is 0. The summed E-state index contributed by atoms with van der Waals surface area (Å²) in [4.78, 5) is 23.9. The molecule has 0 atom stereocenters. The van der Waals surface area contributed by atoms with E-state index in [4.69, 9.17) is 0 Å². The molecule has 0 radical (unpaired) electrons. The van der Waals surface area contributed by atoms with E-state index in [1.54, 1.807) is 0 Å². The number of thioether (sulfide) groups is 1. The quantitative estimate of drug-likeness (QED) is 0.443. The summed E-state index contributed by atoms with van der Waals surface area (Å²) in [6.07, 6.45) is 1.34. The van der Waals surface area contributed by atoms with Crippen molar-refractivity contribution in [2.75, 3.05) is 5.75 Å². The summed E-state index contributed by atoms with van der Waals surface area (Å²) in [6, 6.07) is 2.82. The molecule has 0 aromatic carbocycles. The van der Waals surface area contributed by atoms with Crippen molar-refractivity contribution in [3.63, 3.8) is 0 Å².